The standard InChI is InChI=1S/C26H31ClN2O4/c1-16(2)15-33-20-10-11-21(17(3)14-20)24(30)22-23(18-6-8-19(27)9-7-18)29(13-12-28(4)5)26(32)25(22)31/h6-11,14,16,23,30H,12-13,15H2,1-5H3. The maximum Gasteiger partial charge on any atom is 0.295 e. The number of aryl methyl sites for hydroxylation is 1. The highest BCUT2D eigenvalue weighted by Gasteiger charge is 2.46. The van der Waals surface area contributed by atoms with E-state index in [-0.39, 0.29) is 11.3 Å². The van der Waals surface area contributed by atoms with Crippen molar-refractivity contribution >= 4 is 29.1 Å². The third-order valence-corrected chi connectivity index (χ3v) is 5.80. The summed E-state index contributed by atoms with van der Waals surface area (Å²) in [5, 5.41) is 11.8. The van der Waals surface area contributed by atoms with Gasteiger partial charge in [0.15, 0.2) is 0 Å². The summed E-state index contributed by atoms with van der Waals surface area (Å²) >= 11 is 6.06. The molecule has 176 valence electrons. The first kappa shape index (κ1) is 24.8. The highest BCUT2D eigenvalue weighted by atomic mass is 35.5. The fourth-order valence-corrected chi connectivity index (χ4v) is 3.94. The van der Waals surface area contributed by atoms with Crippen LogP contribution < -0.4 is 4.74 Å². The van der Waals surface area contributed by atoms with Gasteiger partial charge in [-0.05, 0) is 68.4 Å². The van der Waals surface area contributed by atoms with E-state index >= 15 is 0 Å². The summed E-state index contributed by atoms with van der Waals surface area (Å²) in [6.07, 6.45) is 0. The van der Waals surface area contributed by atoms with E-state index in [0.29, 0.717) is 47.5 Å². The second kappa shape index (κ2) is 10.4. The molecule has 3 rings (SSSR count). The number of benzene rings is 2. The number of ether oxygens (including phenoxy) is 1. The number of hydrogen-bond donors (Lipinski definition) is 1. The quantitative estimate of drug-likeness (QED) is 0.345. The number of aliphatic hydroxyl groups excluding tert-OH is 1. The molecule has 1 amide bonds. The summed E-state index contributed by atoms with van der Waals surface area (Å²) in [6.45, 7) is 7.49. The van der Waals surface area contributed by atoms with Gasteiger partial charge in [0.05, 0.1) is 18.2 Å². The number of ketones is 1. The van der Waals surface area contributed by atoms with E-state index in [1.807, 2.05) is 32.0 Å². The molecular weight excluding hydrogens is 440 g/mol. The Balaban J connectivity index is 2.07. The Morgan fingerprint density at radius 1 is 1.15 bits per heavy atom. The lowest BCUT2D eigenvalue weighted by Gasteiger charge is -2.26. The first-order valence-corrected chi connectivity index (χ1v) is 11.4. The van der Waals surface area contributed by atoms with Crippen molar-refractivity contribution in [3.63, 3.8) is 0 Å². The minimum Gasteiger partial charge on any atom is -0.507 e. The molecule has 33 heavy (non-hydrogen) atoms. The molecule has 1 aliphatic rings. The van der Waals surface area contributed by atoms with E-state index in [0.717, 1.165) is 5.56 Å². The highest BCUT2D eigenvalue weighted by Crippen LogP contribution is 2.40. The molecule has 0 aromatic heterocycles. The molecule has 6 nitrogen and oxygen atoms in total. The van der Waals surface area contributed by atoms with Crippen molar-refractivity contribution in [1.29, 1.82) is 0 Å². The molecule has 0 bridgehead atoms. The fraction of sp³-hybridized carbons (Fsp3) is 0.385. The molecule has 1 fully saturated rings. The number of rotatable bonds is 8. The molecule has 2 aromatic rings. The summed E-state index contributed by atoms with van der Waals surface area (Å²) < 4.78 is 5.78. The normalized spacial score (nSPS) is 17.9. The molecule has 2 aromatic carbocycles. The number of nitrogens with zero attached hydrogens (tertiary/aromatic N) is 2. The Morgan fingerprint density at radius 3 is 2.39 bits per heavy atom. The summed E-state index contributed by atoms with van der Waals surface area (Å²) in [4.78, 5) is 29.5. The van der Waals surface area contributed by atoms with Crippen LogP contribution in [-0.4, -0.2) is 60.4 Å². The number of carbonyl (C=O) groups excluding carboxylic acids is 2. The number of likely N-dealkylation sites (N-methyl/N-ethyl adjacent to an activating group) is 1. The molecule has 0 aliphatic carbocycles. The topological polar surface area (TPSA) is 70.1 Å². The molecule has 1 unspecified atom stereocenters. The summed E-state index contributed by atoms with van der Waals surface area (Å²) in [5.74, 6) is -0.415. The Morgan fingerprint density at radius 2 is 1.82 bits per heavy atom. The van der Waals surface area contributed by atoms with E-state index in [1.54, 1.807) is 36.4 Å². The number of carbonyl (C=O) groups is 2. The predicted molar refractivity (Wildman–Crippen MR) is 131 cm³/mol. The Hall–Kier alpha value is -2.83. The van der Waals surface area contributed by atoms with Crippen LogP contribution in [0.5, 0.6) is 5.75 Å². The number of aliphatic hydroxyl groups is 1. The largest absolute Gasteiger partial charge is 0.507 e. The lowest BCUT2D eigenvalue weighted by atomic mass is 9.94. The van der Waals surface area contributed by atoms with Crippen LogP contribution in [0, 0.1) is 12.8 Å². The third kappa shape index (κ3) is 5.57. The van der Waals surface area contributed by atoms with Crippen molar-refractivity contribution in [3.8, 4) is 5.75 Å². The summed E-state index contributed by atoms with van der Waals surface area (Å²) in [5.41, 5.74) is 2.05. The molecular formula is C26H31ClN2O4. The summed E-state index contributed by atoms with van der Waals surface area (Å²) in [7, 11) is 3.81. The van der Waals surface area contributed by atoms with Crippen molar-refractivity contribution in [1.82, 2.24) is 9.80 Å². The number of hydrogen-bond acceptors (Lipinski definition) is 5. The van der Waals surface area contributed by atoms with Gasteiger partial charge in [0, 0.05) is 23.7 Å². The van der Waals surface area contributed by atoms with Crippen LogP contribution in [0.2, 0.25) is 5.02 Å². The average Bonchev–Trinajstić information content (AvgIpc) is 3.01. The van der Waals surface area contributed by atoms with E-state index in [2.05, 4.69) is 13.8 Å². The van der Waals surface area contributed by atoms with Crippen molar-refractivity contribution < 1.29 is 19.4 Å². The molecule has 1 N–H and O–H groups in total. The summed E-state index contributed by atoms with van der Waals surface area (Å²) in [6, 6.07) is 11.6. The minimum absolute atomic E-state index is 0.0834. The van der Waals surface area contributed by atoms with Crippen molar-refractivity contribution in [3.05, 3.63) is 69.8 Å². The van der Waals surface area contributed by atoms with Crippen molar-refractivity contribution in [2.45, 2.75) is 26.8 Å². The van der Waals surface area contributed by atoms with Crippen LogP contribution in [0.4, 0.5) is 0 Å². The molecule has 1 heterocycles. The first-order chi connectivity index (χ1) is 15.6. The van der Waals surface area contributed by atoms with E-state index in [9.17, 15) is 14.7 Å². The van der Waals surface area contributed by atoms with Gasteiger partial charge in [-0.1, -0.05) is 37.6 Å². The van der Waals surface area contributed by atoms with Gasteiger partial charge < -0.3 is 19.6 Å². The van der Waals surface area contributed by atoms with Gasteiger partial charge >= 0.3 is 0 Å². The highest BCUT2D eigenvalue weighted by molar-refractivity contribution is 6.46. The predicted octanol–water partition coefficient (Wildman–Crippen LogP) is 4.67. The fourth-order valence-electron chi connectivity index (χ4n) is 3.81. The van der Waals surface area contributed by atoms with Crippen molar-refractivity contribution in [2.24, 2.45) is 5.92 Å². The second-order valence-electron chi connectivity index (χ2n) is 9.03. The number of halogens is 1. The van der Waals surface area contributed by atoms with Gasteiger partial charge in [0.2, 0.25) is 0 Å². The first-order valence-electron chi connectivity index (χ1n) is 11.0. The van der Waals surface area contributed by atoms with Gasteiger partial charge in [-0.2, -0.15) is 0 Å². The zero-order valence-corrected chi connectivity index (χ0v) is 20.5. The van der Waals surface area contributed by atoms with Crippen LogP contribution in [-0.2, 0) is 9.59 Å². The number of likely N-dealkylation sites (tertiary alicyclic amines) is 1. The van der Waals surface area contributed by atoms with Gasteiger partial charge in [0.25, 0.3) is 11.7 Å². The molecule has 0 spiro atoms. The average molecular weight is 471 g/mol. The maximum absolute atomic E-state index is 13.1. The van der Waals surface area contributed by atoms with Crippen LogP contribution in [0.25, 0.3) is 5.76 Å². The van der Waals surface area contributed by atoms with Gasteiger partial charge in [-0.25, -0.2) is 0 Å². The SMILES string of the molecule is Cc1cc(OCC(C)C)ccc1C(O)=C1C(=O)C(=O)N(CCN(C)C)C1c1ccc(Cl)cc1. The Bertz CT molecular complexity index is 1060. The molecule has 1 saturated heterocycles. The van der Waals surface area contributed by atoms with E-state index < -0.39 is 17.7 Å². The monoisotopic (exact) mass is 470 g/mol. The Kier molecular flexibility index (Phi) is 7.82. The number of Topliss-reactive ketones (excluding diaryl/α,β-unsaturated/α-hetero) is 1. The van der Waals surface area contributed by atoms with Gasteiger partial charge in [-0.3, -0.25) is 9.59 Å². The van der Waals surface area contributed by atoms with Crippen molar-refractivity contribution in [2.75, 3.05) is 33.8 Å². The molecule has 1 aliphatic heterocycles. The Labute approximate surface area is 200 Å². The van der Waals surface area contributed by atoms with Crippen LogP contribution in [0.1, 0.15) is 36.6 Å². The zero-order valence-electron chi connectivity index (χ0n) is 19.8. The van der Waals surface area contributed by atoms with Crippen LogP contribution in [0.15, 0.2) is 48.0 Å². The second-order valence-corrected chi connectivity index (χ2v) is 9.47. The van der Waals surface area contributed by atoms with Crippen LogP contribution in [0.3, 0.4) is 0 Å². The van der Waals surface area contributed by atoms with E-state index in [1.165, 1.54) is 4.90 Å². The minimum atomic E-state index is -0.696. The van der Waals surface area contributed by atoms with Gasteiger partial charge in [0.1, 0.15) is 11.5 Å². The molecule has 1 atom stereocenters. The van der Waals surface area contributed by atoms with Gasteiger partial charge in [-0.15, -0.1) is 0 Å². The lowest BCUT2D eigenvalue weighted by molar-refractivity contribution is -0.140. The molecule has 0 saturated carbocycles. The number of amides is 1. The van der Waals surface area contributed by atoms with Crippen LogP contribution >= 0.6 is 11.6 Å². The van der Waals surface area contributed by atoms with E-state index in [4.69, 9.17) is 16.3 Å². The third-order valence-electron chi connectivity index (χ3n) is 5.55. The maximum atomic E-state index is 13.1. The zero-order chi connectivity index (χ0) is 24.3. The lowest BCUT2D eigenvalue weighted by Crippen LogP contribution is -2.35. The molecule has 7 heteroatoms. The molecule has 0 radical (unpaired) electrons. The smallest absolute Gasteiger partial charge is 0.295 e.